The smallest absolute Gasteiger partial charge is 0.234 e. The Morgan fingerprint density at radius 1 is 1.62 bits per heavy atom. The van der Waals surface area contributed by atoms with Gasteiger partial charge in [-0.05, 0) is 25.7 Å². The summed E-state index contributed by atoms with van der Waals surface area (Å²) in [6.07, 6.45) is 2.21. The first-order valence-corrected chi connectivity index (χ1v) is 5.16. The summed E-state index contributed by atoms with van der Waals surface area (Å²) in [5.74, 6) is 0.879. The zero-order valence-electron chi connectivity index (χ0n) is 8.76. The maximum atomic E-state index is 11.3. The molecule has 3 nitrogen and oxygen atoms in total. The quantitative estimate of drug-likeness (QED) is 0.666. The van der Waals surface area contributed by atoms with Crippen molar-refractivity contribution in [2.75, 3.05) is 6.54 Å². The minimum Gasteiger partial charge on any atom is -0.353 e. The molecule has 13 heavy (non-hydrogen) atoms. The van der Waals surface area contributed by atoms with E-state index in [-0.39, 0.29) is 5.91 Å². The Morgan fingerprint density at radius 2 is 2.23 bits per heavy atom. The molecular formula is C10H20N2O. The fraction of sp³-hybridized carbons (Fsp3) is 0.900. The van der Waals surface area contributed by atoms with Gasteiger partial charge in [-0.1, -0.05) is 13.8 Å². The van der Waals surface area contributed by atoms with Crippen LogP contribution in [0.2, 0.25) is 0 Å². The molecule has 0 aromatic rings. The molecule has 0 spiro atoms. The highest BCUT2D eigenvalue weighted by atomic mass is 16.1. The van der Waals surface area contributed by atoms with Crippen LogP contribution < -0.4 is 10.6 Å². The van der Waals surface area contributed by atoms with Gasteiger partial charge in [0.15, 0.2) is 0 Å². The molecule has 3 atom stereocenters. The molecule has 0 saturated heterocycles. The van der Waals surface area contributed by atoms with E-state index in [1.54, 1.807) is 0 Å². The summed E-state index contributed by atoms with van der Waals surface area (Å²) in [5.41, 5.74) is 0. The number of rotatable bonds is 5. The molecule has 1 aliphatic carbocycles. The van der Waals surface area contributed by atoms with Crippen LogP contribution in [0.15, 0.2) is 0 Å². The second kappa shape index (κ2) is 4.61. The number of carbonyl (C=O) groups is 1. The second-order valence-corrected chi connectivity index (χ2v) is 4.08. The van der Waals surface area contributed by atoms with Crippen LogP contribution in [0.1, 0.15) is 33.6 Å². The third kappa shape index (κ3) is 3.77. The summed E-state index contributed by atoms with van der Waals surface area (Å²) in [7, 11) is 0. The zero-order valence-corrected chi connectivity index (χ0v) is 8.76. The molecule has 1 aliphatic rings. The first-order valence-electron chi connectivity index (χ1n) is 5.16. The molecule has 0 radical (unpaired) electrons. The molecule has 0 heterocycles. The summed E-state index contributed by atoms with van der Waals surface area (Å²) >= 11 is 0. The summed E-state index contributed by atoms with van der Waals surface area (Å²) in [4.78, 5) is 11.3. The maximum absolute atomic E-state index is 11.3. The molecule has 0 aromatic carbocycles. The van der Waals surface area contributed by atoms with Crippen molar-refractivity contribution < 1.29 is 4.79 Å². The summed E-state index contributed by atoms with van der Waals surface area (Å²) in [6, 6.07) is 0.883. The second-order valence-electron chi connectivity index (χ2n) is 4.08. The highest BCUT2D eigenvalue weighted by Crippen LogP contribution is 2.28. The van der Waals surface area contributed by atoms with E-state index < -0.39 is 0 Å². The number of carbonyl (C=O) groups excluding carboxylic acids is 1. The van der Waals surface area contributed by atoms with Gasteiger partial charge in [0.25, 0.3) is 0 Å². The van der Waals surface area contributed by atoms with Crippen LogP contribution in [0.5, 0.6) is 0 Å². The van der Waals surface area contributed by atoms with Crippen LogP contribution in [-0.2, 0) is 4.79 Å². The van der Waals surface area contributed by atoms with Crippen molar-refractivity contribution in [1.82, 2.24) is 10.6 Å². The number of amides is 1. The van der Waals surface area contributed by atoms with Crippen LogP contribution in [0.4, 0.5) is 0 Å². The molecular weight excluding hydrogens is 164 g/mol. The molecule has 2 N–H and O–H groups in total. The molecule has 3 heteroatoms. The zero-order chi connectivity index (χ0) is 9.84. The van der Waals surface area contributed by atoms with Gasteiger partial charge in [0, 0.05) is 12.1 Å². The van der Waals surface area contributed by atoms with Crippen molar-refractivity contribution in [2.45, 2.75) is 45.7 Å². The van der Waals surface area contributed by atoms with Crippen molar-refractivity contribution in [2.24, 2.45) is 5.92 Å². The van der Waals surface area contributed by atoms with E-state index in [4.69, 9.17) is 0 Å². The third-order valence-corrected chi connectivity index (χ3v) is 2.65. The molecule has 0 bridgehead atoms. The molecule has 1 amide bonds. The number of nitrogens with one attached hydrogen (secondary N) is 2. The first-order chi connectivity index (χ1) is 6.13. The van der Waals surface area contributed by atoms with E-state index in [0.29, 0.717) is 18.6 Å². The normalized spacial score (nSPS) is 28.2. The Bertz CT molecular complexity index is 182. The Morgan fingerprint density at radius 3 is 2.69 bits per heavy atom. The maximum Gasteiger partial charge on any atom is 0.234 e. The molecule has 1 fully saturated rings. The number of hydrogen-bond acceptors (Lipinski definition) is 2. The van der Waals surface area contributed by atoms with Gasteiger partial charge in [0.05, 0.1) is 6.54 Å². The van der Waals surface area contributed by atoms with Crippen LogP contribution >= 0.6 is 0 Å². The van der Waals surface area contributed by atoms with Gasteiger partial charge in [0.1, 0.15) is 0 Å². The van der Waals surface area contributed by atoms with Crippen molar-refractivity contribution >= 4 is 5.91 Å². The highest BCUT2D eigenvalue weighted by Gasteiger charge is 2.32. The number of hydrogen-bond donors (Lipinski definition) is 2. The highest BCUT2D eigenvalue weighted by molar-refractivity contribution is 5.78. The van der Waals surface area contributed by atoms with Gasteiger partial charge < -0.3 is 10.6 Å². The van der Waals surface area contributed by atoms with E-state index in [9.17, 15) is 4.79 Å². The molecule has 76 valence electrons. The first kappa shape index (κ1) is 10.5. The van der Waals surface area contributed by atoms with E-state index >= 15 is 0 Å². The fourth-order valence-corrected chi connectivity index (χ4v) is 1.26. The summed E-state index contributed by atoms with van der Waals surface area (Å²) < 4.78 is 0. The third-order valence-electron chi connectivity index (χ3n) is 2.65. The predicted octanol–water partition coefficient (Wildman–Crippen LogP) is 0.899. The molecule has 1 saturated carbocycles. The standard InChI is InChI=1S/C10H20N2O/c1-4-8(3)12-10(13)6-11-9-5-7(9)2/h7-9,11H,4-6H2,1-3H3,(H,12,13). The minimum absolute atomic E-state index is 0.119. The molecule has 1 rings (SSSR count). The Labute approximate surface area is 80.3 Å². The lowest BCUT2D eigenvalue weighted by Crippen LogP contribution is -2.39. The lowest BCUT2D eigenvalue weighted by Gasteiger charge is -2.11. The molecule has 0 aromatic heterocycles. The van der Waals surface area contributed by atoms with E-state index in [1.165, 1.54) is 6.42 Å². The topological polar surface area (TPSA) is 41.1 Å². The predicted molar refractivity (Wildman–Crippen MR) is 53.5 cm³/mol. The molecule has 0 aliphatic heterocycles. The SMILES string of the molecule is CCC(C)NC(=O)CNC1CC1C. The van der Waals surface area contributed by atoms with E-state index in [0.717, 1.165) is 12.3 Å². The van der Waals surface area contributed by atoms with Crippen molar-refractivity contribution in [3.63, 3.8) is 0 Å². The largest absolute Gasteiger partial charge is 0.353 e. The van der Waals surface area contributed by atoms with Crippen molar-refractivity contribution in [1.29, 1.82) is 0 Å². The molecule has 3 unspecified atom stereocenters. The monoisotopic (exact) mass is 184 g/mol. The Kier molecular flexibility index (Phi) is 3.72. The minimum atomic E-state index is 0.119. The van der Waals surface area contributed by atoms with Gasteiger partial charge in [-0.2, -0.15) is 0 Å². The fourth-order valence-electron chi connectivity index (χ4n) is 1.26. The van der Waals surface area contributed by atoms with E-state index in [2.05, 4.69) is 24.5 Å². The van der Waals surface area contributed by atoms with Crippen LogP contribution in [-0.4, -0.2) is 24.5 Å². The van der Waals surface area contributed by atoms with Gasteiger partial charge in [-0.15, -0.1) is 0 Å². The van der Waals surface area contributed by atoms with Crippen LogP contribution in [0, 0.1) is 5.92 Å². The van der Waals surface area contributed by atoms with Crippen LogP contribution in [0.3, 0.4) is 0 Å². The van der Waals surface area contributed by atoms with Crippen molar-refractivity contribution in [3.8, 4) is 0 Å². The summed E-state index contributed by atoms with van der Waals surface area (Å²) in [6.45, 7) is 6.77. The van der Waals surface area contributed by atoms with E-state index in [1.807, 2.05) is 6.92 Å². The van der Waals surface area contributed by atoms with Gasteiger partial charge in [-0.3, -0.25) is 4.79 Å². The van der Waals surface area contributed by atoms with Gasteiger partial charge in [0.2, 0.25) is 5.91 Å². The lowest BCUT2D eigenvalue weighted by atomic mass is 10.2. The summed E-state index contributed by atoms with van der Waals surface area (Å²) in [5, 5.41) is 6.15. The van der Waals surface area contributed by atoms with Gasteiger partial charge >= 0.3 is 0 Å². The van der Waals surface area contributed by atoms with Crippen molar-refractivity contribution in [3.05, 3.63) is 0 Å². The Balaban J connectivity index is 2.04. The van der Waals surface area contributed by atoms with Crippen LogP contribution in [0.25, 0.3) is 0 Å². The van der Waals surface area contributed by atoms with Gasteiger partial charge in [-0.25, -0.2) is 0 Å². The average molecular weight is 184 g/mol. The average Bonchev–Trinajstić information content (AvgIpc) is 2.78. The lowest BCUT2D eigenvalue weighted by molar-refractivity contribution is -0.120. The Hall–Kier alpha value is -0.570.